The van der Waals surface area contributed by atoms with E-state index >= 15 is 0 Å². The molecule has 0 fully saturated rings. The first-order valence-electron chi connectivity index (χ1n) is 5.12. The molecule has 0 aliphatic carbocycles. The largest absolute Gasteiger partial charge is 0.383 e. The number of ether oxygens (including phenoxy) is 1. The highest BCUT2D eigenvalue weighted by molar-refractivity contribution is 5.98. The van der Waals surface area contributed by atoms with E-state index in [1.807, 2.05) is 0 Å². The molecule has 0 amide bonds. The highest BCUT2D eigenvalue weighted by Gasteiger charge is 2.10. The number of ketones is 1. The second-order valence-corrected chi connectivity index (χ2v) is 3.40. The molecule has 1 aromatic carbocycles. The van der Waals surface area contributed by atoms with Gasteiger partial charge < -0.3 is 10.1 Å². The number of carbonyl (C=O) groups is 1. The fourth-order valence-corrected chi connectivity index (χ4v) is 1.27. The molecule has 6 nitrogen and oxygen atoms in total. The maximum Gasteiger partial charge on any atom is 0.270 e. The van der Waals surface area contributed by atoms with E-state index in [0.29, 0.717) is 18.7 Å². The van der Waals surface area contributed by atoms with Crippen LogP contribution in [-0.4, -0.2) is 37.5 Å². The van der Waals surface area contributed by atoms with Crippen LogP contribution in [0.4, 0.5) is 5.69 Å². The average molecular weight is 238 g/mol. The van der Waals surface area contributed by atoms with Crippen LogP contribution >= 0.6 is 0 Å². The molecule has 0 unspecified atom stereocenters. The lowest BCUT2D eigenvalue weighted by Gasteiger charge is -2.03. The Balaban J connectivity index is 2.56. The number of non-ortho nitro benzene ring substituents is 1. The Bertz CT molecular complexity index is 406. The Morgan fingerprint density at radius 3 is 2.94 bits per heavy atom. The number of carbonyl (C=O) groups excluding carboxylic acids is 1. The summed E-state index contributed by atoms with van der Waals surface area (Å²) in [6, 6.07) is 5.70. The van der Waals surface area contributed by atoms with Gasteiger partial charge in [0.25, 0.3) is 5.69 Å². The minimum absolute atomic E-state index is 0.0762. The van der Waals surface area contributed by atoms with Gasteiger partial charge in [-0.3, -0.25) is 14.9 Å². The van der Waals surface area contributed by atoms with E-state index in [1.165, 1.54) is 18.2 Å². The highest BCUT2D eigenvalue weighted by Crippen LogP contribution is 2.13. The van der Waals surface area contributed by atoms with E-state index in [2.05, 4.69) is 5.32 Å². The van der Waals surface area contributed by atoms with Crippen molar-refractivity contribution in [1.82, 2.24) is 5.32 Å². The zero-order chi connectivity index (χ0) is 12.7. The molecular formula is C11H14N2O4. The number of hydrogen-bond acceptors (Lipinski definition) is 5. The first kappa shape index (κ1) is 13.3. The minimum Gasteiger partial charge on any atom is -0.383 e. The summed E-state index contributed by atoms with van der Waals surface area (Å²) in [7, 11) is 1.57. The van der Waals surface area contributed by atoms with Gasteiger partial charge in [-0.1, -0.05) is 12.1 Å². The van der Waals surface area contributed by atoms with Gasteiger partial charge >= 0.3 is 0 Å². The first-order valence-corrected chi connectivity index (χ1v) is 5.12. The number of Topliss-reactive ketones (excluding diaryl/α,β-unsaturated/α-hetero) is 1. The quantitative estimate of drug-likeness (QED) is 0.332. The van der Waals surface area contributed by atoms with Gasteiger partial charge in [0, 0.05) is 31.4 Å². The molecule has 0 saturated carbocycles. The Kier molecular flexibility index (Phi) is 5.25. The summed E-state index contributed by atoms with van der Waals surface area (Å²) in [5, 5.41) is 13.4. The van der Waals surface area contributed by atoms with E-state index in [9.17, 15) is 14.9 Å². The van der Waals surface area contributed by atoms with Crippen LogP contribution < -0.4 is 5.32 Å². The van der Waals surface area contributed by atoms with Crippen molar-refractivity contribution >= 4 is 11.5 Å². The monoisotopic (exact) mass is 238 g/mol. The lowest BCUT2D eigenvalue weighted by atomic mass is 10.1. The van der Waals surface area contributed by atoms with Crippen LogP contribution in [0.15, 0.2) is 24.3 Å². The number of benzene rings is 1. The lowest BCUT2D eigenvalue weighted by molar-refractivity contribution is -0.384. The zero-order valence-electron chi connectivity index (χ0n) is 9.51. The molecule has 92 valence electrons. The third kappa shape index (κ3) is 4.29. The van der Waals surface area contributed by atoms with Crippen LogP contribution in [0.5, 0.6) is 0 Å². The summed E-state index contributed by atoms with van der Waals surface area (Å²) in [5.41, 5.74) is 0.261. The van der Waals surface area contributed by atoms with E-state index < -0.39 is 4.92 Å². The van der Waals surface area contributed by atoms with Crippen molar-refractivity contribution in [2.24, 2.45) is 0 Å². The molecule has 0 radical (unpaired) electrons. The summed E-state index contributed by atoms with van der Waals surface area (Å²) >= 11 is 0. The summed E-state index contributed by atoms with van der Waals surface area (Å²) in [6.45, 7) is 1.23. The van der Waals surface area contributed by atoms with Crippen molar-refractivity contribution in [1.29, 1.82) is 0 Å². The smallest absolute Gasteiger partial charge is 0.270 e. The summed E-state index contributed by atoms with van der Waals surface area (Å²) in [5.74, 6) is -0.176. The third-order valence-electron chi connectivity index (χ3n) is 2.15. The standard InChI is InChI=1S/C11H14N2O4/c1-17-6-5-12-8-11(14)9-3-2-4-10(7-9)13(15)16/h2-4,7,12H,5-6,8H2,1H3. The van der Waals surface area contributed by atoms with Gasteiger partial charge in [-0.15, -0.1) is 0 Å². The predicted octanol–water partition coefficient (Wildman–Crippen LogP) is 1.01. The van der Waals surface area contributed by atoms with Crippen LogP contribution in [0, 0.1) is 10.1 Å². The Labute approximate surface area is 98.7 Å². The first-order chi connectivity index (χ1) is 8.15. The van der Waals surface area contributed by atoms with Crippen LogP contribution in [-0.2, 0) is 4.74 Å². The normalized spacial score (nSPS) is 10.2. The topological polar surface area (TPSA) is 81.5 Å². The molecule has 1 N–H and O–H groups in total. The van der Waals surface area contributed by atoms with E-state index in [0.717, 1.165) is 0 Å². The fraction of sp³-hybridized carbons (Fsp3) is 0.364. The van der Waals surface area contributed by atoms with Crippen molar-refractivity contribution in [3.63, 3.8) is 0 Å². The van der Waals surface area contributed by atoms with Crippen molar-refractivity contribution in [3.8, 4) is 0 Å². The van der Waals surface area contributed by atoms with Crippen LogP contribution in [0.3, 0.4) is 0 Å². The van der Waals surface area contributed by atoms with E-state index in [1.54, 1.807) is 13.2 Å². The molecule has 0 saturated heterocycles. The molecular weight excluding hydrogens is 224 g/mol. The van der Waals surface area contributed by atoms with Crippen molar-refractivity contribution < 1.29 is 14.5 Å². The van der Waals surface area contributed by atoms with Gasteiger partial charge in [0.1, 0.15) is 0 Å². The molecule has 0 spiro atoms. The Hall–Kier alpha value is -1.79. The Morgan fingerprint density at radius 2 is 2.29 bits per heavy atom. The molecule has 0 heterocycles. The number of rotatable bonds is 7. The highest BCUT2D eigenvalue weighted by atomic mass is 16.6. The maximum absolute atomic E-state index is 11.7. The average Bonchev–Trinajstić information content (AvgIpc) is 2.34. The molecule has 0 aromatic heterocycles. The van der Waals surface area contributed by atoms with Crippen LogP contribution in [0.25, 0.3) is 0 Å². The number of methoxy groups -OCH3 is 1. The van der Waals surface area contributed by atoms with Gasteiger partial charge in [0.2, 0.25) is 0 Å². The molecule has 17 heavy (non-hydrogen) atoms. The third-order valence-corrected chi connectivity index (χ3v) is 2.15. The van der Waals surface area contributed by atoms with Gasteiger partial charge in [0.15, 0.2) is 5.78 Å². The summed E-state index contributed by atoms with van der Waals surface area (Å²) in [4.78, 5) is 21.7. The molecule has 1 aromatic rings. The predicted molar refractivity (Wildman–Crippen MR) is 62.2 cm³/mol. The molecule has 1 rings (SSSR count). The van der Waals surface area contributed by atoms with Gasteiger partial charge in [0.05, 0.1) is 18.1 Å². The van der Waals surface area contributed by atoms with E-state index in [-0.39, 0.29) is 18.0 Å². The van der Waals surface area contributed by atoms with Crippen molar-refractivity contribution in [2.75, 3.05) is 26.8 Å². The minimum atomic E-state index is -0.519. The van der Waals surface area contributed by atoms with Gasteiger partial charge in [-0.2, -0.15) is 0 Å². The van der Waals surface area contributed by atoms with Crippen molar-refractivity contribution in [3.05, 3.63) is 39.9 Å². The Morgan fingerprint density at radius 1 is 1.53 bits per heavy atom. The molecule has 0 bridgehead atoms. The SMILES string of the molecule is COCCNCC(=O)c1cccc([N+](=O)[O-])c1. The maximum atomic E-state index is 11.7. The molecule has 0 aliphatic heterocycles. The lowest BCUT2D eigenvalue weighted by Crippen LogP contribution is -2.26. The van der Waals surface area contributed by atoms with E-state index in [4.69, 9.17) is 4.74 Å². The molecule has 6 heteroatoms. The van der Waals surface area contributed by atoms with Gasteiger partial charge in [-0.25, -0.2) is 0 Å². The second-order valence-electron chi connectivity index (χ2n) is 3.40. The number of nitro groups is 1. The van der Waals surface area contributed by atoms with Crippen molar-refractivity contribution in [2.45, 2.75) is 0 Å². The van der Waals surface area contributed by atoms with Gasteiger partial charge in [-0.05, 0) is 0 Å². The van der Waals surface area contributed by atoms with Crippen LogP contribution in [0.2, 0.25) is 0 Å². The summed E-state index contributed by atoms with van der Waals surface area (Å²) in [6.07, 6.45) is 0. The second kappa shape index (κ2) is 6.72. The number of nitrogens with zero attached hydrogens (tertiary/aromatic N) is 1. The molecule has 0 atom stereocenters. The number of nitrogens with one attached hydrogen (secondary N) is 1. The summed E-state index contributed by atoms with van der Waals surface area (Å²) < 4.78 is 4.82. The zero-order valence-corrected chi connectivity index (χ0v) is 9.51. The number of hydrogen-bond donors (Lipinski definition) is 1. The fourth-order valence-electron chi connectivity index (χ4n) is 1.27. The number of nitro benzene ring substituents is 1. The molecule has 0 aliphatic rings. The van der Waals surface area contributed by atoms with Crippen LogP contribution in [0.1, 0.15) is 10.4 Å².